The number of rotatable bonds is 9. The number of benzene rings is 2. The summed E-state index contributed by atoms with van der Waals surface area (Å²) >= 11 is 0.316. The van der Waals surface area contributed by atoms with Gasteiger partial charge in [0, 0.05) is 38.0 Å². The third kappa shape index (κ3) is 9.20. The number of hydrogen-bond acceptors (Lipinski definition) is 4. The molecule has 0 bridgehead atoms. The Morgan fingerprint density at radius 3 is 2.12 bits per heavy atom. The molecule has 4 rings (SSSR count). The van der Waals surface area contributed by atoms with Crippen molar-refractivity contribution in [3.05, 3.63) is 70.1 Å². The van der Waals surface area contributed by atoms with E-state index in [0.717, 1.165) is 48.7 Å². The van der Waals surface area contributed by atoms with E-state index in [-0.39, 0.29) is 48.9 Å². The number of carbonyl (C=O) groups excluding carboxylic acids is 1. The first-order valence-corrected chi connectivity index (χ1v) is 16.7. The molecule has 2 aromatic carbocycles. The van der Waals surface area contributed by atoms with Crippen molar-refractivity contribution in [2.24, 2.45) is 17.3 Å². The molecule has 0 aliphatic rings. The van der Waals surface area contributed by atoms with E-state index in [2.05, 4.69) is 81.0 Å². The smallest absolute Gasteiger partial charge is 0 e. The van der Waals surface area contributed by atoms with Crippen LogP contribution < -0.4 is 0 Å². The van der Waals surface area contributed by atoms with E-state index < -0.39 is 0 Å². The first kappa shape index (κ1) is 36.1. The van der Waals surface area contributed by atoms with E-state index in [4.69, 9.17) is 0 Å². The number of ketones is 1. The molecule has 0 fully saturated rings. The molecule has 0 saturated carbocycles. The quantitative estimate of drug-likeness (QED) is 0.0602. The third-order valence-electron chi connectivity index (χ3n) is 7.80. The SMILES string of the molecule is CCC(CC)C(=O)/C=C(\O)C(CC)CC.Cc1[c-]c(-c2ncnc3c2ccc2cc(CC(C)(C)C)ccc23)[se]c1C.[Ir]. The van der Waals surface area contributed by atoms with E-state index in [1.165, 1.54) is 36.9 Å². The Bertz CT molecular complexity index is 1490. The van der Waals surface area contributed by atoms with E-state index in [0.29, 0.717) is 14.5 Å². The summed E-state index contributed by atoms with van der Waals surface area (Å²) in [6.45, 7) is 19.3. The van der Waals surface area contributed by atoms with Gasteiger partial charge >= 0.3 is 161 Å². The van der Waals surface area contributed by atoms with Crippen LogP contribution in [0.1, 0.15) is 89.7 Å². The van der Waals surface area contributed by atoms with Crippen molar-refractivity contribution in [1.29, 1.82) is 0 Å². The molecule has 0 atom stereocenters. The zero-order valence-corrected chi connectivity index (χ0v) is 30.8. The van der Waals surface area contributed by atoms with Gasteiger partial charge < -0.3 is 5.11 Å². The second-order valence-corrected chi connectivity index (χ2v) is 14.8. The average molecular weight is 811 g/mol. The van der Waals surface area contributed by atoms with E-state index in [1.807, 2.05) is 27.7 Å². The molecule has 4 nitrogen and oxygen atoms in total. The Morgan fingerprint density at radius 2 is 1.57 bits per heavy atom. The number of aromatic nitrogens is 2. The topological polar surface area (TPSA) is 63.1 Å². The monoisotopic (exact) mass is 812 g/mol. The van der Waals surface area contributed by atoms with Crippen molar-refractivity contribution >= 4 is 42.0 Å². The van der Waals surface area contributed by atoms with Gasteiger partial charge in [0.2, 0.25) is 0 Å². The van der Waals surface area contributed by atoms with Crippen molar-refractivity contribution < 1.29 is 30.0 Å². The summed E-state index contributed by atoms with van der Waals surface area (Å²) < 4.78 is 2.68. The molecule has 1 N–H and O–H groups in total. The Hall–Kier alpha value is -2.10. The summed E-state index contributed by atoms with van der Waals surface area (Å²) in [5.74, 6) is 0.547. The predicted molar refractivity (Wildman–Crippen MR) is 175 cm³/mol. The van der Waals surface area contributed by atoms with Crippen LogP contribution in [0.5, 0.6) is 0 Å². The minimum absolute atomic E-state index is 0. The number of aryl methyl sites for hydroxylation is 2. The normalized spacial score (nSPS) is 12.0. The maximum absolute atomic E-state index is 11.7. The molecule has 2 heterocycles. The van der Waals surface area contributed by atoms with Crippen molar-refractivity contribution in [1.82, 2.24) is 9.97 Å². The van der Waals surface area contributed by atoms with Crippen molar-refractivity contribution in [3.8, 4) is 10.1 Å². The molecule has 0 spiro atoms. The van der Waals surface area contributed by atoms with Gasteiger partial charge in [-0.2, -0.15) is 0 Å². The Morgan fingerprint density at radius 1 is 0.952 bits per heavy atom. The van der Waals surface area contributed by atoms with Crippen LogP contribution in [0.2, 0.25) is 0 Å². The molecule has 2 aromatic heterocycles. The zero-order chi connectivity index (χ0) is 30.3. The zero-order valence-electron chi connectivity index (χ0n) is 26.7. The maximum Gasteiger partial charge on any atom is 0 e. The summed E-state index contributed by atoms with van der Waals surface area (Å²) in [7, 11) is 0. The fourth-order valence-electron chi connectivity index (χ4n) is 5.21. The predicted octanol–water partition coefficient (Wildman–Crippen LogP) is 9.38. The van der Waals surface area contributed by atoms with E-state index in [1.54, 1.807) is 6.33 Å². The van der Waals surface area contributed by atoms with Gasteiger partial charge in [-0.05, 0) is 25.7 Å². The first-order chi connectivity index (χ1) is 19.4. The van der Waals surface area contributed by atoms with Crippen LogP contribution in [0.4, 0.5) is 0 Å². The van der Waals surface area contributed by atoms with Crippen LogP contribution >= 0.6 is 0 Å². The molecule has 4 aromatic rings. The summed E-state index contributed by atoms with van der Waals surface area (Å²) in [6.07, 6.45) is 7.68. The molecule has 0 aliphatic heterocycles. The number of fused-ring (bicyclic) bond motifs is 3. The van der Waals surface area contributed by atoms with E-state index >= 15 is 0 Å². The number of aliphatic hydroxyl groups excluding tert-OH is 1. The van der Waals surface area contributed by atoms with Crippen LogP contribution in [0.3, 0.4) is 0 Å². The fourth-order valence-corrected chi connectivity index (χ4v) is 7.25. The minimum Gasteiger partial charge on any atom is 0 e. The van der Waals surface area contributed by atoms with Crippen LogP contribution in [0.15, 0.2) is 48.5 Å². The number of allylic oxidation sites excluding steroid dienone is 2. The molecular formula is C36H47IrN2O2Se-. The molecule has 6 heteroatoms. The van der Waals surface area contributed by atoms with Crippen LogP contribution in [0, 0.1) is 37.2 Å². The molecule has 229 valence electrons. The summed E-state index contributed by atoms with van der Waals surface area (Å²) in [6, 6.07) is 14.7. The van der Waals surface area contributed by atoms with Gasteiger partial charge in [0.05, 0.1) is 5.76 Å². The van der Waals surface area contributed by atoms with Crippen molar-refractivity contribution in [3.63, 3.8) is 0 Å². The van der Waals surface area contributed by atoms with Crippen LogP contribution in [-0.4, -0.2) is 35.4 Å². The molecular weight excluding hydrogens is 764 g/mol. The van der Waals surface area contributed by atoms with Crippen molar-refractivity contribution in [2.45, 2.75) is 94.4 Å². The molecule has 0 saturated heterocycles. The van der Waals surface area contributed by atoms with E-state index in [9.17, 15) is 9.90 Å². The number of aliphatic hydroxyl groups is 1. The van der Waals surface area contributed by atoms with Gasteiger partial charge in [-0.1, -0.05) is 27.7 Å². The summed E-state index contributed by atoms with van der Waals surface area (Å²) in [4.78, 5) is 20.9. The maximum atomic E-state index is 11.7. The van der Waals surface area contributed by atoms with Gasteiger partial charge in [-0.15, -0.1) is 0 Å². The van der Waals surface area contributed by atoms with Gasteiger partial charge in [0.1, 0.15) is 0 Å². The molecule has 42 heavy (non-hydrogen) atoms. The number of nitrogens with zero attached hydrogens (tertiary/aromatic N) is 2. The Kier molecular flexibility index (Phi) is 13.8. The summed E-state index contributed by atoms with van der Waals surface area (Å²) in [5, 5.41) is 13.4. The largest absolute Gasteiger partial charge is 0 e. The number of hydrogen-bond donors (Lipinski definition) is 1. The second kappa shape index (κ2) is 16.1. The van der Waals surface area contributed by atoms with Crippen LogP contribution in [-0.2, 0) is 31.3 Å². The summed E-state index contributed by atoms with van der Waals surface area (Å²) in [5.41, 5.74) is 5.02. The Labute approximate surface area is 272 Å². The molecule has 1 radical (unpaired) electrons. The molecule has 0 unspecified atom stereocenters. The van der Waals surface area contributed by atoms with Gasteiger partial charge in [-0.3, -0.25) is 4.79 Å². The van der Waals surface area contributed by atoms with Crippen molar-refractivity contribution in [2.75, 3.05) is 0 Å². The second-order valence-electron chi connectivity index (χ2n) is 12.2. The van der Waals surface area contributed by atoms with Gasteiger partial charge in [0.15, 0.2) is 5.78 Å². The standard InChI is InChI=1S/C23H23N2Se.C13H24O2.Ir/c1-14-10-20(26-15(14)2)22-19-9-7-17-11-16(12-23(3,4)5)6-8-18(17)21(19)24-13-25-22;1-5-10(6-2)12(14)9-13(15)11(7-3)8-4;/h6-9,11,13H,12H2,1-5H3;9-11,14H,5-8H2,1-4H3;/q-1;;/b;12-9-;. The average Bonchev–Trinajstić information content (AvgIpc) is 3.26. The molecule has 0 aliphatic carbocycles. The van der Waals surface area contributed by atoms with Gasteiger partial charge in [-0.25, -0.2) is 0 Å². The Balaban J connectivity index is 0.000000334. The van der Waals surface area contributed by atoms with Crippen LogP contribution in [0.25, 0.3) is 31.8 Å². The first-order valence-electron chi connectivity index (χ1n) is 15.0. The molecule has 0 amide bonds. The fraction of sp³-hybridized carbons (Fsp3) is 0.472. The minimum atomic E-state index is 0. The third-order valence-corrected chi connectivity index (χ3v) is 10.1. The number of carbonyl (C=O) groups is 1. The van der Waals surface area contributed by atoms with Gasteiger partial charge in [0.25, 0.3) is 0 Å².